The van der Waals surface area contributed by atoms with Gasteiger partial charge in [0.25, 0.3) is 0 Å². The van der Waals surface area contributed by atoms with Gasteiger partial charge in [-0.15, -0.1) is 0 Å². The highest BCUT2D eigenvalue weighted by Gasteiger charge is 2.15. The number of esters is 1. The Balaban J connectivity index is 3.13. The van der Waals surface area contributed by atoms with Crippen LogP contribution in [0.2, 0.25) is 0 Å². The van der Waals surface area contributed by atoms with Gasteiger partial charge in [0.05, 0.1) is 0 Å². The van der Waals surface area contributed by atoms with Gasteiger partial charge in [0, 0.05) is 32.3 Å². The normalized spacial score (nSPS) is 12.5. The van der Waals surface area contributed by atoms with Crippen LogP contribution in [0.3, 0.4) is 0 Å². The fraction of sp³-hybridized carbons (Fsp3) is 0.357. The molecule has 0 radical (unpaired) electrons. The maximum atomic E-state index is 11.1. The molecule has 0 saturated carbocycles. The summed E-state index contributed by atoms with van der Waals surface area (Å²) in [5.41, 5.74) is 2.04. The molecule has 0 heterocycles. The Morgan fingerprint density at radius 1 is 1.35 bits per heavy atom. The highest BCUT2D eigenvalue weighted by molar-refractivity contribution is 5.67. The van der Waals surface area contributed by atoms with Crippen molar-refractivity contribution in [2.75, 3.05) is 19.0 Å². The molecular weight excluding hydrogens is 214 g/mol. The Hall–Kier alpha value is -1.77. The first-order chi connectivity index (χ1) is 8.06. The lowest BCUT2D eigenvalue weighted by atomic mass is 10.1. The van der Waals surface area contributed by atoms with E-state index in [1.807, 2.05) is 62.3 Å². The van der Waals surface area contributed by atoms with E-state index in [4.69, 9.17) is 4.74 Å². The number of hydrogen-bond donors (Lipinski definition) is 0. The minimum atomic E-state index is -0.323. The lowest BCUT2D eigenvalue weighted by molar-refractivity contribution is -0.144. The highest BCUT2D eigenvalue weighted by atomic mass is 16.5. The van der Waals surface area contributed by atoms with Crippen LogP contribution in [0.4, 0.5) is 5.69 Å². The predicted octanol–water partition coefficient (Wildman–Crippen LogP) is 2.93. The largest absolute Gasteiger partial charge is 0.453 e. The van der Waals surface area contributed by atoms with Crippen molar-refractivity contribution >= 4 is 11.7 Å². The van der Waals surface area contributed by atoms with Crippen LogP contribution in [-0.2, 0) is 9.53 Å². The summed E-state index contributed by atoms with van der Waals surface area (Å²) >= 11 is 0. The van der Waals surface area contributed by atoms with Crippen molar-refractivity contribution in [1.29, 1.82) is 0 Å². The molecule has 0 saturated heterocycles. The number of allylic oxidation sites excluding steroid dienone is 1. The van der Waals surface area contributed by atoms with Gasteiger partial charge in [-0.2, -0.15) is 0 Å². The number of carbonyl (C=O) groups is 1. The molecule has 1 aromatic carbocycles. The second-order valence-corrected chi connectivity index (χ2v) is 4.01. The average Bonchev–Trinajstić information content (AvgIpc) is 2.28. The molecule has 0 aliphatic heterocycles. The molecule has 0 fully saturated rings. The minimum absolute atomic E-state index is 0.276. The molecule has 92 valence electrons. The van der Waals surface area contributed by atoms with Gasteiger partial charge >= 0.3 is 5.97 Å². The van der Waals surface area contributed by atoms with Crippen molar-refractivity contribution in [1.82, 2.24) is 0 Å². The SMILES string of the molecule is C/C=C/C(OC(C)=O)c1ccccc1N(C)C. The second-order valence-electron chi connectivity index (χ2n) is 4.01. The first-order valence-corrected chi connectivity index (χ1v) is 5.62. The van der Waals surface area contributed by atoms with Crippen LogP contribution < -0.4 is 4.90 Å². The first kappa shape index (κ1) is 13.3. The number of ether oxygens (including phenoxy) is 1. The molecule has 1 atom stereocenters. The van der Waals surface area contributed by atoms with E-state index in [9.17, 15) is 4.79 Å². The van der Waals surface area contributed by atoms with E-state index in [0.717, 1.165) is 11.3 Å². The Labute approximate surface area is 103 Å². The summed E-state index contributed by atoms with van der Waals surface area (Å²) in [5, 5.41) is 0. The van der Waals surface area contributed by atoms with E-state index in [2.05, 4.69) is 0 Å². The van der Waals surface area contributed by atoms with Crippen molar-refractivity contribution in [3.05, 3.63) is 42.0 Å². The molecule has 1 aromatic rings. The molecule has 0 spiro atoms. The standard InChI is InChI=1S/C14H19NO2/c1-5-8-14(17-11(2)16)12-9-6-7-10-13(12)15(3)4/h5-10,14H,1-4H3/b8-5+. The summed E-state index contributed by atoms with van der Waals surface area (Å²) < 4.78 is 5.32. The van der Waals surface area contributed by atoms with Gasteiger partial charge in [-0.3, -0.25) is 4.79 Å². The van der Waals surface area contributed by atoms with Crippen molar-refractivity contribution in [2.24, 2.45) is 0 Å². The van der Waals surface area contributed by atoms with Crippen LogP contribution in [0.25, 0.3) is 0 Å². The number of benzene rings is 1. The molecular formula is C14H19NO2. The van der Waals surface area contributed by atoms with E-state index in [-0.39, 0.29) is 12.1 Å². The smallest absolute Gasteiger partial charge is 0.303 e. The van der Waals surface area contributed by atoms with E-state index < -0.39 is 0 Å². The van der Waals surface area contributed by atoms with Crippen molar-refractivity contribution in [3.63, 3.8) is 0 Å². The lowest BCUT2D eigenvalue weighted by Crippen LogP contribution is -2.14. The molecule has 17 heavy (non-hydrogen) atoms. The van der Waals surface area contributed by atoms with Gasteiger partial charge in [-0.25, -0.2) is 0 Å². The summed E-state index contributed by atoms with van der Waals surface area (Å²) in [6.45, 7) is 3.34. The van der Waals surface area contributed by atoms with Crippen molar-refractivity contribution in [3.8, 4) is 0 Å². The number of carbonyl (C=O) groups excluding carboxylic acids is 1. The van der Waals surface area contributed by atoms with Gasteiger partial charge in [-0.05, 0) is 19.1 Å². The predicted molar refractivity (Wildman–Crippen MR) is 70.1 cm³/mol. The van der Waals surface area contributed by atoms with Crippen LogP contribution in [0.1, 0.15) is 25.5 Å². The number of rotatable bonds is 4. The third-order valence-corrected chi connectivity index (χ3v) is 2.39. The van der Waals surface area contributed by atoms with Crippen molar-refractivity contribution in [2.45, 2.75) is 20.0 Å². The van der Waals surface area contributed by atoms with Crippen LogP contribution in [0, 0.1) is 0 Å². The summed E-state index contributed by atoms with van der Waals surface area (Å²) in [7, 11) is 3.94. The maximum absolute atomic E-state index is 11.1. The van der Waals surface area contributed by atoms with Crippen LogP contribution >= 0.6 is 0 Å². The summed E-state index contributed by atoms with van der Waals surface area (Å²) in [4.78, 5) is 13.1. The Morgan fingerprint density at radius 2 is 2.00 bits per heavy atom. The van der Waals surface area contributed by atoms with Crippen LogP contribution in [0.15, 0.2) is 36.4 Å². The van der Waals surface area contributed by atoms with E-state index in [1.165, 1.54) is 6.92 Å². The molecule has 0 aliphatic carbocycles. The molecule has 3 nitrogen and oxygen atoms in total. The van der Waals surface area contributed by atoms with Gasteiger partial charge in [0.2, 0.25) is 0 Å². The molecule has 1 unspecified atom stereocenters. The molecule has 0 N–H and O–H groups in total. The van der Waals surface area contributed by atoms with Crippen molar-refractivity contribution < 1.29 is 9.53 Å². The zero-order valence-corrected chi connectivity index (χ0v) is 10.8. The highest BCUT2D eigenvalue weighted by Crippen LogP contribution is 2.28. The number of nitrogens with zero attached hydrogens (tertiary/aromatic N) is 1. The van der Waals surface area contributed by atoms with Crippen LogP contribution in [0.5, 0.6) is 0 Å². The summed E-state index contributed by atoms with van der Waals surface area (Å²) in [6.07, 6.45) is 3.44. The fourth-order valence-electron chi connectivity index (χ4n) is 1.70. The molecule has 1 rings (SSSR count). The molecule has 0 amide bonds. The molecule has 0 bridgehead atoms. The van der Waals surface area contributed by atoms with Crippen LogP contribution in [-0.4, -0.2) is 20.1 Å². The molecule has 0 aromatic heterocycles. The summed E-state index contributed by atoms with van der Waals surface area (Å²) in [6, 6.07) is 7.90. The Kier molecular flexibility index (Phi) is 4.76. The Bertz CT molecular complexity index is 410. The quantitative estimate of drug-likeness (QED) is 0.591. The average molecular weight is 233 g/mol. The zero-order chi connectivity index (χ0) is 12.8. The van der Waals surface area contributed by atoms with Gasteiger partial charge < -0.3 is 9.64 Å². The third kappa shape index (κ3) is 3.63. The number of anilines is 1. The second kappa shape index (κ2) is 6.09. The zero-order valence-electron chi connectivity index (χ0n) is 10.8. The monoisotopic (exact) mass is 233 g/mol. The fourth-order valence-corrected chi connectivity index (χ4v) is 1.70. The maximum Gasteiger partial charge on any atom is 0.303 e. The molecule has 0 aliphatic rings. The minimum Gasteiger partial charge on any atom is -0.453 e. The van der Waals surface area contributed by atoms with Gasteiger partial charge in [-0.1, -0.05) is 24.3 Å². The third-order valence-electron chi connectivity index (χ3n) is 2.39. The van der Waals surface area contributed by atoms with Gasteiger partial charge in [0.1, 0.15) is 6.10 Å². The first-order valence-electron chi connectivity index (χ1n) is 5.62. The van der Waals surface area contributed by atoms with E-state index in [0.29, 0.717) is 0 Å². The van der Waals surface area contributed by atoms with E-state index >= 15 is 0 Å². The lowest BCUT2D eigenvalue weighted by Gasteiger charge is -2.21. The van der Waals surface area contributed by atoms with Gasteiger partial charge in [0.15, 0.2) is 0 Å². The molecule has 3 heteroatoms. The number of hydrogen-bond acceptors (Lipinski definition) is 3. The Morgan fingerprint density at radius 3 is 2.53 bits per heavy atom. The summed E-state index contributed by atoms with van der Waals surface area (Å²) in [5.74, 6) is -0.276. The topological polar surface area (TPSA) is 29.5 Å². The number of para-hydroxylation sites is 1. The van der Waals surface area contributed by atoms with E-state index in [1.54, 1.807) is 0 Å².